The Hall–Kier alpha value is -1.07. The van der Waals surface area contributed by atoms with Crippen molar-refractivity contribution < 1.29 is 4.74 Å². The summed E-state index contributed by atoms with van der Waals surface area (Å²) in [7, 11) is 3.78. The fourth-order valence-corrected chi connectivity index (χ4v) is 2.46. The molecule has 0 atom stereocenters. The Morgan fingerprint density at radius 2 is 2.11 bits per heavy atom. The van der Waals surface area contributed by atoms with Gasteiger partial charge in [0.15, 0.2) is 0 Å². The maximum atomic E-state index is 5.16. The molecule has 0 bridgehead atoms. The van der Waals surface area contributed by atoms with E-state index >= 15 is 0 Å². The summed E-state index contributed by atoms with van der Waals surface area (Å²) in [6.07, 6.45) is 0. The van der Waals surface area contributed by atoms with Crippen molar-refractivity contribution >= 4 is 32.9 Å². The van der Waals surface area contributed by atoms with Crippen molar-refractivity contribution in [1.82, 2.24) is 9.55 Å². The van der Waals surface area contributed by atoms with Gasteiger partial charge in [0.25, 0.3) is 0 Å². The summed E-state index contributed by atoms with van der Waals surface area (Å²) in [5.74, 6) is 0.993. The highest BCUT2D eigenvalue weighted by Crippen LogP contribution is 2.20. The van der Waals surface area contributed by atoms with Crippen molar-refractivity contribution in [2.75, 3.05) is 37.0 Å². The Balaban J connectivity index is 2.34. The number of rotatable bonds is 6. The van der Waals surface area contributed by atoms with E-state index in [-0.39, 0.29) is 0 Å². The average Bonchev–Trinajstić information content (AvgIpc) is 2.73. The van der Waals surface area contributed by atoms with Gasteiger partial charge in [-0.05, 0) is 12.1 Å². The molecule has 0 unspecified atom stereocenters. The predicted octanol–water partition coefficient (Wildman–Crippen LogP) is 2.42. The smallest absolute Gasteiger partial charge is 0.206 e. The summed E-state index contributed by atoms with van der Waals surface area (Å²) in [5, 5.41) is 0.917. The lowest BCUT2D eigenvalue weighted by Crippen LogP contribution is -2.31. The Bertz CT molecular complexity index is 512. The van der Waals surface area contributed by atoms with Gasteiger partial charge >= 0.3 is 0 Å². The van der Waals surface area contributed by atoms with Crippen LogP contribution in [-0.4, -0.2) is 41.7 Å². The van der Waals surface area contributed by atoms with Gasteiger partial charge in [-0.3, -0.25) is 0 Å². The molecule has 98 valence electrons. The van der Waals surface area contributed by atoms with Crippen LogP contribution in [0.2, 0.25) is 0 Å². The molecule has 0 spiro atoms. The number of fused-ring (bicyclic) bond motifs is 1. The Labute approximate surface area is 116 Å². The number of halogens is 1. The molecule has 0 fully saturated rings. The normalized spacial score (nSPS) is 11.1. The molecular weight excluding hydrogens is 294 g/mol. The van der Waals surface area contributed by atoms with Crippen LogP contribution in [0.5, 0.6) is 0 Å². The minimum Gasteiger partial charge on any atom is -0.383 e. The van der Waals surface area contributed by atoms with E-state index in [4.69, 9.17) is 9.72 Å². The first-order valence-corrected chi connectivity index (χ1v) is 7.11. The summed E-state index contributed by atoms with van der Waals surface area (Å²) in [6, 6.07) is 8.19. The molecule has 0 radical (unpaired) electrons. The zero-order valence-corrected chi connectivity index (χ0v) is 12.4. The number of nitrogens with zero attached hydrogens (tertiary/aromatic N) is 3. The second kappa shape index (κ2) is 6.20. The molecule has 2 rings (SSSR count). The van der Waals surface area contributed by atoms with Gasteiger partial charge in [0.05, 0.1) is 17.6 Å². The first kappa shape index (κ1) is 13.4. The molecule has 0 saturated heterocycles. The molecule has 4 nitrogen and oxygen atoms in total. The van der Waals surface area contributed by atoms with Crippen LogP contribution in [0.15, 0.2) is 24.3 Å². The van der Waals surface area contributed by atoms with Crippen LogP contribution >= 0.6 is 15.9 Å². The van der Waals surface area contributed by atoms with Crippen LogP contribution in [0.1, 0.15) is 0 Å². The van der Waals surface area contributed by atoms with Gasteiger partial charge in [0.1, 0.15) is 0 Å². The average molecular weight is 312 g/mol. The quantitative estimate of drug-likeness (QED) is 0.768. The van der Waals surface area contributed by atoms with Gasteiger partial charge in [-0.15, -0.1) is 0 Å². The highest BCUT2D eigenvalue weighted by atomic mass is 79.9. The first-order chi connectivity index (χ1) is 8.77. The fourth-order valence-electron chi connectivity index (χ4n) is 2.03. The third kappa shape index (κ3) is 2.67. The van der Waals surface area contributed by atoms with Gasteiger partial charge in [0.2, 0.25) is 5.95 Å². The van der Waals surface area contributed by atoms with Gasteiger partial charge in [0, 0.05) is 32.6 Å². The standard InChI is InChI=1S/C13H18BrN3O/c1-16-12-6-4-3-5-11(12)15-13(16)17(8-7-14)9-10-18-2/h3-6H,7-10H2,1-2H3. The number of imidazole rings is 1. The number of alkyl halides is 1. The second-order valence-electron chi connectivity index (χ2n) is 4.13. The Kier molecular flexibility index (Phi) is 4.60. The molecule has 0 aliphatic heterocycles. The summed E-state index contributed by atoms with van der Waals surface area (Å²) in [6.45, 7) is 2.47. The van der Waals surface area contributed by atoms with Crippen molar-refractivity contribution in [3.05, 3.63) is 24.3 Å². The number of benzene rings is 1. The van der Waals surface area contributed by atoms with Gasteiger partial charge in [-0.25, -0.2) is 4.98 Å². The van der Waals surface area contributed by atoms with Crippen LogP contribution < -0.4 is 4.90 Å². The first-order valence-electron chi connectivity index (χ1n) is 5.99. The topological polar surface area (TPSA) is 30.3 Å². The molecule has 0 amide bonds. The Morgan fingerprint density at radius 3 is 2.78 bits per heavy atom. The van der Waals surface area contributed by atoms with Gasteiger partial charge in [-0.2, -0.15) is 0 Å². The van der Waals surface area contributed by atoms with E-state index in [2.05, 4.69) is 38.5 Å². The highest BCUT2D eigenvalue weighted by Gasteiger charge is 2.13. The highest BCUT2D eigenvalue weighted by molar-refractivity contribution is 9.09. The fraction of sp³-hybridized carbons (Fsp3) is 0.462. The number of hydrogen-bond donors (Lipinski definition) is 0. The molecule has 0 N–H and O–H groups in total. The van der Waals surface area contributed by atoms with Gasteiger partial charge in [-0.1, -0.05) is 28.1 Å². The molecule has 0 saturated carbocycles. The number of anilines is 1. The Morgan fingerprint density at radius 1 is 1.33 bits per heavy atom. The molecule has 1 heterocycles. The number of hydrogen-bond acceptors (Lipinski definition) is 3. The minimum atomic E-state index is 0.705. The SMILES string of the molecule is COCCN(CCBr)c1nc2ccccc2n1C. The number of para-hydroxylation sites is 2. The van der Waals surface area contributed by atoms with Crippen molar-refractivity contribution in [3.8, 4) is 0 Å². The van der Waals surface area contributed by atoms with Crippen LogP contribution in [-0.2, 0) is 11.8 Å². The zero-order valence-electron chi connectivity index (χ0n) is 10.8. The van der Waals surface area contributed by atoms with Crippen LogP contribution in [0.25, 0.3) is 11.0 Å². The minimum absolute atomic E-state index is 0.705. The van der Waals surface area contributed by atoms with Gasteiger partial charge < -0.3 is 14.2 Å². The summed E-state index contributed by atoms with van der Waals surface area (Å²) in [5.41, 5.74) is 2.19. The zero-order chi connectivity index (χ0) is 13.0. The molecule has 0 aliphatic rings. The molecule has 1 aromatic heterocycles. The number of aromatic nitrogens is 2. The number of aryl methyl sites for hydroxylation is 1. The molecule has 1 aromatic carbocycles. The molecular formula is C13H18BrN3O. The lowest BCUT2D eigenvalue weighted by atomic mass is 10.3. The largest absolute Gasteiger partial charge is 0.383 e. The number of ether oxygens (including phenoxy) is 1. The molecule has 18 heavy (non-hydrogen) atoms. The van der Waals surface area contributed by atoms with Crippen molar-refractivity contribution in [2.24, 2.45) is 7.05 Å². The van der Waals surface area contributed by atoms with E-state index in [1.807, 2.05) is 18.2 Å². The lowest BCUT2D eigenvalue weighted by Gasteiger charge is -2.22. The van der Waals surface area contributed by atoms with E-state index < -0.39 is 0 Å². The van der Waals surface area contributed by atoms with Crippen LogP contribution in [0.4, 0.5) is 5.95 Å². The summed E-state index contributed by atoms with van der Waals surface area (Å²) in [4.78, 5) is 6.93. The summed E-state index contributed by atoms with van der Waals surface area (Å²) < 4.78 is 7.29. The van der Waals surface area contributed by atoms with E-state index in [0.717, 1.165) is 35.4 Å². The summed E-state index contributed by atoms with van der Waals surface area (Å²) >= 11 is 3.49. The third-order valence-corrected chi connectivity index (χ3v) is 3.32. The van der Waals surface area contributed by atoms with Crippen LogP contribution in [0.3, 0.4) is 0 Å². The molecule has 5 heteroatoms. The van der Waals surface area contributed by atoms with E-state index in [0.29, 0.717) is 6.61 Å². The maximum Gasteiger partial charge on any atom is 0.206 e. The van der Waals surface area contributed by atoms with Crippen molar-refractivity contribution in [1.29, 1.82) is 0 Å². The molecule has 2 aromatic rings. The number of methoxy groups -OCH3 is 1. The lowest BCUT2D eigenvalue weighted by molar-refractivity contribution is 0.205. The molecule has 0 aliphatic carbocycles. The van der Waals surface area contributed by atoms with E-state index in [1.54, 1.807) is 7.11 Å². The van der Waals surface area contributed by atoms with Crippen molar-refractivity contribution in [3.63, 3.8) is 0 Å². The monoisotopic (exact) mass is 311 g/mol. The van der Waals surface area contributed by atoms with E-state index in [1.165, 1.54) is 0 Å². The van der Waals surface area contributed by atoms with E-state index in [9.17, 15) is 0 Å². The second-order valence-corrected chi connectivity index (χ2v) is 4.92. The maximum absolute atomic E-state index is 5.16. The van der Waals surface area contributed by atoms with Crippen molar-refractivity contribution in [2.45, 2.75) is 0 Å². The predicted molar refractivity (Wildman–Crippen MR) is 78.6 cm³/mol. The van der Waals surface area contributed by atoms with Crippen LogP contribution in [0, 0.1) is 0 Å². The third-order valence-electron chi connectivity index (χ3n) is 2.97.